The summed E-state index contributed by atoms with van der Waals surface area (Å²) in [7, 11) is 0. The lowest BCUT2D eigenvalue weighted by Gasteiger charge is -2.24. The highest BCUT2D eigenvalue weighted by atomic mass is 16.2. The van der Waals surface area contributed by atoms with E-state index >= 15 is 0 Å². The van der Waals surface area contributed by atoms with E-state index in [0.717, 1.165) is 12.8 Å². The summed E-state index contributed by atoms with van der Waals surface area (Å²) in [4.78, 5) is 46.4. The van der Waals surface area contributed by atoms with E-state index in [0.29, 0.717) is 25.7 Å². The minimum Gasteiger partial charge on any atom is -0.369 e. The lowest BCUT2D eigenvalue weighted by atomic mass is 9.78. The van der Waals surface area contributed by atoms with Crippen LogP contribution in [0.3, 0.4) is 0 Å². The van der Waals surface area contributed by atoms with E-state index in [9.17, 15) is 19.2 Å². The lowest BCUT2D eigenvalue weighted by molar-refractivity contribution is -0.140. The fourth-order valence-electron chi connectivity index (χ4n) is 2.57. The number of amides is 2. The van der Waals surface area contributed by atoms with E-state index in [1.54, 1.807) is 20.8 Å². The SMILES string of the molecule is CCC(=O)C(C)(CCCCCCC(C)(C(C)=O)C(N)=O)C(N)=O. The smallest absolute Gasteiger partial charge is 0.230 e. The van der Waals surface area contributed by atoms with Gasteiger partial charge < -0.3 is 11.5 Å². The molecule has 2 unspecified atom stereocenters. The molecule has 0 saturated heterocycles. The minimum absolute atomic E-state index is 0.136. The first-order chi connectivity index (χ1) is 10.5. The fraction of sp³-hybridized carbons (Fsp3) is 0.765. The average Bonchev–Trinajstić information content (AvgIpc) is 2.48. The molecule has 4 N–H and O–H groups in total. The molecular formula is C17H30N2O4. The predicted molar refractivity (Wildman–Crippen MR) is 88.3 cm³/mol. The number of ketones is 2. The second-order valence-corrected chi connectivity index (χ2v) is 6.64. The van der Waals surface area contributed by atoms with Crippen LogP contribution in [0.25, 0.3) is 0 Å². The van der Waals surface area contributed by atoms with Crippen LogP contribution in [0, 0.1) is 10.8 Å². The molecular weight excluding hydrogens is 296 g/mol. The highest BCUT2D eigenvalue weighted by Gasteiger charge is 2.37. The average molecular weight is 326 g/mol. The number of Topliss-reactive ketones (excluding diaryl/α,β-unsaturated/α-hetero) is 2. The third-order valence-corrected chi connectivity index (χ3v) is 4.90. The van der Waals surface area contributed by atoms with Crippen LogP contribution in [-0.4, -0.2) is 23.4 Å². The summed E-state index contributed by atoms with van der Waals surface area (Å²) in [6.07, 6.45) is 4.10. The molecule has 0 bridgehead atoms. The predicted octanol–water partition coefficient (Wildman–Crippen LogP) is 1.88. The Labute approximate surface area is 138 Å². The van der Waals surface area contributed by atoms with Crippen LogP contribution in [-0.2, 0) is 19.2 Å². The Balaban J connectivity index is 4.33. The first-order valence-corrected chi connectivity index (χ1v) is 8.16. The number of carbonyl (C=O) groups is 4. The van der Waals surface area contributed by atoms with E-state index in [2.05, 4.69) is 0 Å². The van der Waals surface area contributed by atoms with Gasteiger partial charge in [0.05, 0.1) is 0 Å². The van der Waals surface area contributed by atoms with E-state index in [1.165, 1.54) is 6.92 Å². The highest BCUT2D eigenvalue weighted by molar-refractivity contribution is 6.05. The molecule has 6 nitrogen and oxygen atoms in total. The molecule has 0 aromatic rings. The zero-order valence-electron chi connectivity index (χ0n) is 14.7. The van der Waals surface area contributed by atoms with Crippen molar-refractivity contribution in [1.82, 2.24) is 0 Å². The molecule has 0 aromatic carbocycles. The monoisotopic (exact) mass is 326 g/mol. The Morgan fingerprint density at radius 1 is 0.783 bits per heavy atom. The number of carbonyl (C=O) groups excluding carboxylic acids is 4. The fourth-order valence-corrected chi connectivity index (χ4v) is 2.57. The molecule has 2 atom stereocenters. The van der Waals surface area contributed by atoms with Gasteiger partial charge in [0.15, 0.2) is 0 Å². The molecule has 6 heteroatoms. The van der Waals surface area contributed by atoms with E-state index in [4.69, 9.17) is 11.5 Å². The molecule has 0 heterocycles. The van der Waals surface area contributed by atoms with Crippen molar-refractivity contribution in [3.8, 4) is 0 Å². The molecule has 0 aliphatic carbocycles. The number of hydrogen-bond acceptors (Lipinski definition) is 4. The summed E-state index contributed by atoms with van der Waals surface area (Å²) in [5.41, 5.74) is 8.45. The van der Waals surface area contributed by atoms with Crippen LogP contribution >= 0.6 is 0 Å². The zero-order chi connectivity index (χ0) is 18.3. The number of rotatable bonds is 12. The van der Waals surface area contributed by atoms with Crippen molar-refractivity contribution in [3.63, 3.8) is 0 Å². The summed E-state index contributed by atoms with van der Waals surface area (Å²) < 4.78 is 0. The van der Waals surface area contributed by atoms with Crippen molar-refractivity contribution >= 4 is 23.4 Å². The van der Waals surface area contributed by atoms with Crippen molar-refractivity contribution < 1.29 is 19.2 Å². The Morgan fingerprint density at radius 3 is 1.48 bits per heavy atom. The van der Waals surface area contributed by atoms with Gasteiger partial charge in [-0.2, -0.15) is 0 Å². The molecule has 0 rings (SSSR count). The van der Waals surface area contributed by atoms with Crippen LogP contribution in [0.4, 0.5) is 0 Å². The number of hydrogen-bond donors (Lipinski definition) is 2. The summed E-state index contributed by atoms with van der Waals surface area (Å²) in [5, 5.41) is 0. The summed E-state index contributed by atoms with van der Waals surface area (Å²) in [6.45, 7) is 6.26. The third-order valence-electron chi connectivity index (χ3n) is 4.90. The largest absolute Gasteiger partial charge is 0.369 e. The maximum Gasteiger partial charge on any atom is 0.230 e. The second-order valence-electron chi connectivity index (χ2n) is 6.64. The number of unbranched alkanes of at least 4 members (excludes halogenated alkanes) is 3. The van der Waals surface area contributed by atoms with Crippen LogP contribution in [0.1, 0.15) is 72.6 Å². The topological polar surface area (TPSA) is 120 Å². The van der Waals surface area contributed by atoms with Gasteiger partial charge >= 0.3 is 0 Å². The molecule has 132 valence electrons. The van der Waals surface area contributed by atoms with Crippen LogP contribution in [0.2, 0.25) is 0 Å². The molecule has 0 aromatic heterocycles. The van der Waals surface area contributed by atoms with Gasteiger partial charge in [0.2, 0.25) is 11.8 Å². The summed E-state index contributed by atoms with van der Waals surface area (Å²) in [6, 6.07) is 0. The zero-order valence-corrected chi connectivity index (χ0v) is 14.7. The van der Waals surface area contributed by atoms with Gasteiger partial charge in [-0.1, -0.05) is 32.6 Å². The maximum absolute atomic E-state index is 11.9. The van der Waals surface area contributed by atoms with Gasteiger partial charge in [-0.15, -0.1) is 0 Å². The standard InChI is InChI=1S/C17H30N2O4/c1-5-13(21)17(4,15(19)23)11-9-7-6-8-10-16(3,12(2)20)14(18)22/h5-11H2,1-4H3,(H2,18,22)(H2,19,23). The maximum atomic E-state index is 11.9. The Bertz CT molecular complexity index is 459. The van der Waals surface area contributed by atoms with Crippen molar-refractivity contribution in [2.75, 3.05) is 0 Å². The summed E-state index contributed by atoms with van der Waals surface area (Å²) in [5.74, 6) is -1.54. The van der Waals surface area contributed by atoms with Crippen molar-refractivity contribution in [2.45, 2.75) is 72.6 Å². The molecule has 0 aliphatic rings. The van der Waals surface area contributed by atoms with Crippen LogP contribution in [0.15, 0.2) is 0 Å². The van der Waals surface area contributed by atoms with Crippen molar-refractivity contribution in [1.29, 1.82) is 0 Å². The van der Waals surface area contributed by atoms with Gasteiger partial charge in [-0.25, -0.2) is 0 Å². The Kier molecular flexibility index (Phi) is 8.14. The van der Waals surface area contributed by atoms with E-state index < -0.39 is 22.6 Å². The first kappa shape index (κ1) is 21.3. The minimum atomic E-state index is -1.11. The number of primary amides is 2. The molecule has 23 heavy (non-hydrogen) atoms. The quantitative estimate of drug-likeness (QED) is 0.420. The van der Waals surface area contributed by atoms with E-state index in [1.807, 2.05) is 0 Å². The molecule has 0 aliphatic heterocycles. The van der Waals surface area contributed by atoms with Crippen LogP contribution < -0.4 is 11.5 Å². The van der Waals surface area contributed by atoms with Gasteiger partial charge in [0, 0.05) is 6.42 Å². The molecule has 0 saturated carbocycles. The van der Waals surface area contributed by atoms with Crippen LogP contribution in [0.5, 0.6) is 0 Å². The van der Waals surface area contributed by atoms with Gasteiger partial charge in [-0.3, -0.25) is 19.2 Å². The van der Waals surface area contributed by atoms with Gasteiger partial charge in [0.25, 0.3) is 0 Å². The summed E-state index contributed by atoms with van der Waals surface area (Å²) >= 11 is 0. The Morgan fingerprint density at radius 2 is 1.17 bits per heavy atom. The highest BCUT2D eigenvalue weighted by Crippen LogP contribution is 2.29. The van der Waals surface area contributed by atoms with E-state index in [-0.39, 0.29) is 18.0 Å². The third kappa shape index (κ3) is 5.44. The van der Waals surface area contributed by atoms with Crippen molar-refractivity contribution in [3.05, 3.63) is 0 Å². The molecule has 2 amide bonds. The Hall–Kier alpha value is -1.72. The first-order valence-electron chi connectivity index (χ1n) is 8.16. The van der Waals surface area contributed by atoms with Gasteiger partial charge in [-0.05, 0) is 33.6 Å². The number of nitrogens with two attached hydrogens (primary N) is 2. The second kappa shape index (κ2) is 8.79. The molecule has 0 radical (unpaired) electrons. The lowest BCUT2D eigenvalue weighted by Crippen LogP contribution is -2.41. The van der Waals surface area contributed by atoms with Gasteiger partial charge in [0.1, 0.15) is 22.4 Å². The molecule has 0 fully saturated rings. The molecule has 0 spiro atoms. The normalized spacial score (nSPS) is 16.2. The van der Waals surface area contributed by atoms with Crippen molar-refractivity contribution in [2.24, 2.45) is 22.3 Å².